The fourth-order valence-corrected chi connectivity index (χ4v) is 1.57. The molecule has 0 unspecified atom stereocenters. The molecule has 0 aromatic carbocycles. The Labute approximate surface area is 81.6 Å². The van der Waals surface area contributed by atoms with E-state index in [0.29, 0.717) is 6.42 Å². The quantitative estimate of drug-likeness (QED) is 0.662. The third kappa shape index (κ3) is 1.28. The van der Waals surface area contributed by atoms with Crippen molar-refractivity contribution in [3.05, 3.63) is 23.8 Å². The maximum atomic E-state index is 10.4. The second-order valence-corrected chi connectivity index (χ2v) is 3.29. The summed E-state index contributed by atoms with van der Waals surface area (Å²) in [7, 11) is 1.92. The van der Waals surface area contributed by atoms with Crippen molar-refractivity contribution >= 4 is 17.3 Å². The minimum absolute atomic E-state index is 0.420. The van der Waals surface area contributed by atoms with Crippen LogP contribution in [-0.2, 0) is 18.3 Å². The van der Waals surface area contributed by atoms with Crippen LogP contribution in [0.25, 0.3) is 11.0 Å². The van der Waals surface area contributed by atoms with E-state index in [1.54, 1.807) is 6.20 Å². The Bertz CT molecular complexity index is 487. The van der Waals surface area contributed by atoms with Crippen LogP contribution in [0.1, 0.15) is 11.4 Å². The van der Waals surface area contributed by atoms with Crippen molar-refractivity contribution in [2.45, 2.75) is 13.3 Å². The van der Waals surface area contributed by atoms with Gasteiger partial charge in [-0.3, -0.25) is 0 Å². The predicted molar refractivity (Wildman–Crippen MR) is 53.0 cm³/mol. The number of aryl methyl sites for hydroxylation is 2. The fourth-order valence-electron chi connectivity index (χ4n) is 1.57. The fraction of sp³-hybridized carbons (Fsp3) is 0.300. The van der Waals surface area contributed by atoms with E-state index < -0.39 is 0 Å². The number of nitrogens with zero attached hydrogens (tertiary/aromatic N) is 3. The topological polar surface area (TPSA) is 47.8 Å². The highest BCUT2D eigenvalue weighted by Crippen LogP contribution is 2.17. The molecule has 0 saturated heterocycles. The first-order chi connectivity index (χ1) is 6.72. The Balaban J connectivity index is 2.70. The van der Waals surface area contributed by atoms with Crippen LogP contribution in [0, 0.1) is 6.92 Å². The highest BCUT2D eigenvalue weighted by atomic mass is 16.1. The molecule has 0 spiro atoms. The minimum atomic E-state index is 0.420. The van der Waals surface area contributed by atoms with Crippen molar-refractivity contribution < 1.29 is 4.79 Å². The predicted octanol–water partition coefficient (Wildman–Crippen LogP) is 1.02. The van der Waals surface area contributed by atoms with E-state index in [2.05, 4.69) is 9.97 Å². The molecule has 2 aromatic heterocycles. The molecule has 0 aliphatic heterocycles. The molecular weight excluding hydrogens is 178 g/mol. The van der Waals surface area contributed by atoms with E-state index in [0.717, 1.165) is 28.7 Å². The van der Waals surface area contributed by atoms with Crippen LogP contribution >= 0.6 is 0 Å². The molecule has 0 N–H and O–H groups in total. The zero-order valence-corrected chi connectivity index (χ0v) is 8.19. The summed E-state index contributed by atoms with van der Waals surface area (Å²) >= 11 is 0. The van der Waals surface area contributed by atoms with Gasteiger partial charge in [0.1, 0.15) is 17.8 Å². The van der Waals surface area contributed by atoms with Gasteiger partial charge < -0.3 is 9.36 Å². The molecule has 0 aliphatic rings. The first-order valence-corrected chi connectivity index (χ1v) is 4.43. The lowest BCUT2D eigenvalue weighted by Gasteiger charge is -1.95. The molecular formula is C10H11N3O. The lowest BCUT2D eigenvalue weighted by Crippen LogP contribution is -1.91. The van der Waals surface area contributed by atoms with Crippen LogP contribution in [0.4, 0.5) is 0 Å². The SMILES string of the molecule is Cc1ncc2c(CC=O)cn(C)c2n1. The number of hydrogen-bond acceptors (Lipinski definition) is 3. The lowest BCUT2D eigenvalue weighted by molar-refractivity contribution is -0.107. The number of carbonyl (C=O) groups excluding carboxylic acids is 1. The van der Waals surface area contributed by atoms with E-state index in [9.17, 15) is 4.79 Å². The molecule has 0 saturated carbocycles. The van der Waals surface area contributed by atoms with Crippen LogP contribution in [-0.4, -0.2) is 20.8 Å². The van der Waals surface area contributed by atoms with Crippen molar-refractivity contribution in [1.82, 2.24) is 14.5 Å². The zero-order chi connectivity index (χ0) is 10.1. The Hall–Kier alpha value is -1.71. The van der Waals surface area contributed by atoms with Gasteiger partial charge in [0.15, 0.2) is 0 Å². The van der Waals surface area contributed by atoms with Crippen molar-refractivity contribution in [2.24, 2.45) is 7.05 Å². The molecule has 14 heavy (non-hydrogen) atoms. The Kier molecular flexibility index (Phi) is 2.04. The van der Waals surface area contributed by atoms with Gasteiger partial charge in [-0.25, -0.2) is 9.97 Å². The first-order valence-electron chi connectivity index (χ1n) is 4.43. The lowest BCUT2D eigenvalue weighted by atomic mass is 10.2. The van der Waals surface area contributed by atoms with Gasteiger partial charge in [-0.05, 0) is 12.5 Å². The summed E-state index contributed by atoms with van der Waals surface area (Å²) in [6.07, 6.45) is 5.02. The summed E-state index contributed by atoms with van der Waals surface area (Å²) in [6.45, 7) is 1.85. The molecule has 0 atom stereocenters. The van der Waals surface area contributed by atoms with Gasteiger partial charge in [0, 0.05) is 31.2 Å². The molecule has 2 heterocycles. The number of aldehydes is 1. The summed E-state index contributed by atoms with van der Waals surface area (Å²) in [6, 6.07) is 0. The highest BCUT2D eigenvalue weighted by molar-refractivity contribution is 5.82. The number of hydrogen-bond donors (Lipinski definition) is 0. The van der Waals surface area contributed by atoms with Gasteiger partial charge >= 0.3 is 0 Å². The summed E-state index contributed by atoms with van der Waals surface area (Å²) < 4.78 is 1.92. The summed E-state index contributed by atoms with van der Waals surface area (Å²) in [4.78, 5) is 18.9. The molecule has 2 aromatic rings. The molecule has 0 bridgehead atoms. The van der Waals surface area contributed by atoms with Crippen LogP contribution in [0.2, 0.25) is 0 Å². The second kappa shape index (κ2) is 3.21. The Morgan fingerprint density at radius 3 is 3.07 bits per heavy atom. The van der Waals surface area contributed by atoms with Crippen LogP contribution in [0.15, 0.2) is 12.4 Å². The van der Waals surface area contributed by atoms with Crippen molar-refractivity contribution in [2.75, 3.05) is 0 Å². The minimum Gasteiger partial charge on any atom is -0.335 e. The normalized spacial score (nSPS) is 10.7. The van der Waals surface area contributed by atoms with Crippen LogP contribution in [0.5, 0.6) is 0 Å². The smallest absolute Gasteiger partial charge is 0.143 e. The molecule has 0 amide bonds. The van der Waals surface area contributed by atoms with E-state index in [1.165, 1.54) is 0 Å². The number of carbonyl (C=O) groups is 1. The first kappa shape index (κ1) is 8.87. The van der Waals surface area contributed by atoms with E-state index in [-0.39, 0.29) is 0 Å². The van der Waals surface area contributed by atoms with Gasteiger partial charge in [-0.1, -0.05) is 0 Å². The highest BCUT2D eigenvalue weighted by Gasteiger charge is 2.07. The van der Waals surface area contributed by atoms with E-state index in [4.69, 9.17) is 0 Å². The maximum Gasteiger partial charge on any atom is 0.143 e. The summed E-state index contributed by atoms with van der Waals surface area (Å²) in [5.74, 6) is 0.747. The third-order valence-electron chi connectivity index (χ3n) is 2.22. The molecule has 4 nitrogen and oxygen atoms in total. The van der Waals surface area contributed by atoms with Gasteiger partial charge in [0.2, 0.25) is 0 Å². The molecule has 0 aliphatic carbocycles. The maximum absolute atomic E-state index is 10.4. The van der Waals surface area contributed by atoms with Gasteiger partial charge in [0.05, 0.1) is 0 Å². The third-order valence-corrected chi connectivity index (χ3v) is 2.22. The van der Waals surface area contributed by atoms with E-state index in [1.807, 2.05) is 24.7 Å². The van der Waals surface area contributed by atoms with Gasteiger partial charge in [-0.15, -0.1) is 0 Å². The molecule has 0 fully saturated rings. The Morgan fingerprint density at radius 1 is 1.57 bits per heavy atom. The average Bonchev–Trinajstić information content (AvgIpc) is 2.44. The zero-order valence-electron chi connectivity index (χ0n) is 8.19. The van der Waals surface area contributed by atoms with Gasteiger partial charge in [0.25, 0.3) is 0 Å². The van der Waals surface area contributed by atoms with Gasteiger partial charge in [-0.2, -0.15) is 0 Å². The standard InChI is InChI=1S/C10H11N3O/c1-7-11-5-9-8(3-4-14)6-13(2)10(9)12-7/h4-6H,3H2,1-2H3. The van der Waals surface area contributed by atoms with Crippen LogP contribution in [0.3, 0.4) is 0 Å². The molecule has 4 heteroatoms. The van der Waals surface area contributed by atoms with Crippen molar-refractivity contribution in [1.29, 1.82) is 0 Å². The number of aromatic nitrogens is 3. The molecule has 72 valence electrons. The average molecular weight is 189 g/mol. The van der Waals surface area contributed by atoms with E-state index >= 15 is 0 Å². The second-order valence-electron chi connectivity index (χ2n) is 3.29. The van der Waals surface area contributed by atoms with Crippen LogP contribution < -0.4 is 0 Å². The Morgan fingerprint density at radius 2 is 2.36 bits per heavy atom. The molecule has 0 radical (unpaired) electrons. The largest absolute Gasteiger partial charge is 0.335 e. The number of rotatable bonds is 2. The molecule has 2 rings (SSSR count). The number of fused-ring (bicyclic) bond motifs is 1. The monoisotopic (exact) mass is 189 g/mol. The summed E-state index contributed by atoms with van der Waals surface area (Å²) in [5, 5.41) is 0.963. The summed E-state index contributed by atoms with van der Waals surface area (Å²) in [5.41, 5.74) is 1.87. The van der Waals surface area contributed by atoms with Crippen molar-refractivity contribution in [3.8, 4) is 0 Å². The van der Waals surface area contributed by atoms with Crippen molar-refractivity contribution in [3.63, 3.8) is 0 Å².